The zero-order valence-corrected chi connectivity index (χ0v) is 10.9. The van der Waals surface area contributed by atoms with E-state index in [0.29, 0.717) is 6.04 Å². The van der Waals surface area contributed by atoms with Crippen LogP contribution in [0, 0.1) is 11.7 Å². The molecular weight excluding hydrogens is 204 g/mol. The van der Waals surface area contributed by atoms with Gasteiger partial charge in [-0.2, -0.15) is 0 Å². The summed E-state index contributed by atoms with van der Waals surface area (Å²) in [5, 5.41) is 0. The summed E-state index contributed by atoms with van der Waals surface area (Å²) >= 11 is 5.32. The summed E-state index contributed by atoms with van der Waals surface area (Å²) in [7, 11) is 0. The monoisotopic (exact) mass is 226 g/mol. The first-order chi connectivity index (χ1) is 7.20. The highest BCUT2D eigenvalue weighted by Gasteiger charge is 2.12. The Balaban J connectivity index is 2.83. The first-order valence-corrected chi connectivity index (χ1v) is 6.38. The van der Waals surface area contributed by atoms with Crippen molar-refractivity contribution >= 4 is 12.2 Å². The van der Waals surface area contributed by atoms with Crippen LogP contribution < -0.4 is 0 Å². The molecule has 1 aromatic rings. The van der Waals surface area contributed by atoms with Gasteiger partial charge in [-0.25, -0.2) is 0 Å². The third kappa shape index (κ3) is 3.20. The van der Waals surface area contributed by atoms with E-state index in [1.165, 1.54) is 37.8 Å². The fourth-order valence-corrected chi connectivity index (χ4v) is 2.45. The molecule has 1 atom stereocenters. The van der Waals surface area contributed by atoms with E-state index in [2.05, 4.69) is 30.3 Å². The van der Waals surface area contributed by atoms with Crippen LogP contribution in [0.5, 0.6) is 0 Å². The minimum atomic E-state index is 0.591. The zero-order valence-electron chi connectivity index (χ0n) is 10.0. The van der Waals surface area contributed by atoms with Crippen molar-refractivity contribution in [1.29, 1.82) is 0 Å². The topological polar surface area (TPSA) is 20.7 Å². The minimum Gasteiger partial charge on any atom is -0.337 e. The molecule has 0 aliphatic carbocycles. The molecule has 1 N–H and O–H groups in total. The molecule has 0 bridgehead atoms. The number of rotatable bonds is 6. The number of nitrogens with one attached hydrogen (secondary N) is 1. The Labute approximate surface area is 97.7 Å². The van der Waals surface area contributed by atoms with Crippen molar-refractivity contribution in [2.45, 2.75) is 58.9 Å². The molecule has 0 aliphatic rings. The van der Waals surface area contributed by atoms with E-state index in [1.54, 1.807) is 0 Å². The quantitative estimate of drug-likeness (QED) is 0.714. The van der Waals surface area contributed by atoms with Crippen molar-refractivity contribution in [3.63, 3.8) is 0 Å². The van der Waals surface area contributed by atoms with Crippen LogP contribution in [0.2, 0.25) is 0 Å². The number of imidazole rings is 1. The predicted molar refractivity (Wildman–Crippen MR) is 67.8 cm³/mol. The Morgan fingerprint density at radius 3 is 2.53 bits per heavy atom. The molecule has 0 saturated heterocycles. The van der Waals surface area contributed by atoms with Crippen LogP contribution in [0.25, 0.3) is 0 Å². The lowest BCUT2D eigenvalue weighted by Gasteiger charge is -2.19. The lowest BCUT2D eigenvalue weighted by atomic mass is 10.0. The van der Waals surface area contributed by atoms with Crippen LogP contribution >= 0.6 is 12.2 Å². The van der Waals surface area contributed by atoms with E-state index >= 15 is 0 Å². The maximum absolute atomic E-state index is 5.32. The van der Waals surface area contributed by atoms with Crippen LogP contribution in [0.3, 0.4) is 0 Å². The van der Waals surface area contributed by atoms with E-state index in [0.717, 1.165) is 4.77 Å². The van der Waals surface area contributed by atoms with Crippen LogP contribution in [0.1, 0.15) is 57.7 Å². The number of aryl methyl sites for hydroxylation is 1. The summed E-state index contributed by atoms with van der Waals surface area (Å²) in [5.74, 6) is 0. The standard InChI is InChI=1S/C12H22N2S/c1-4-6-8-11(7-5-2)14-10(3)9-13-12(14)15/h9,11H,4-8H2,1-3H3,(H,13,15). The van der Waals surface area contributed by atoms with Gasteiger partial charge in [0.05, 0.1) is 0 Å². The molecule has 1 aromatic heterocycles. The average Bonchev–Trinajstić information content (AvgIpc) is 2.54. The highest BCUT2D eigenvalue weighted by Crippen LogP contribution is 2.22. The summed E-state index contributed by atoms with van der Waals surface area (Å²) in [6.07, 6.45) is 8.26. The maximum atomic E-state index is 5.32. The molecule has 0 saturated carbocycles. The molecule has 3 heteroatoms. The molecule has 1 unspecified atom stereocenters. The summed E-state index contributed by atoms with van der Waals surface area (Å²) in [4.78, 5) is 3.13. The third-order valence-corrected chi connectivity index (χ3v) is 3.20. The average molecular weight is 226 g/mol. The lowest BCUT2D eigenvalue weighted by Crippen LogP contribution is -2.10. The van der Waals surface area contributed by atoms with Crippen molar-refractivity contribution in [3.05, 3.63) is 16.7 Å². The fraction of sp³-hybridized carbons (Fsp3) is 0.750. The van der Waals surface area contributed by atoms with Gasteiger partial charge in [-0.1, -0.05) is 33.1 Å². The van der Waals surface area contributed by atoms with Gasteiger partial charge in [-0.3, -0.25) is 0 Å². The molecule has 15 heavy (non-hydrogen) atoms. The van der Waals surface area contributed by atoms with Crippen molar-refractivity contribution in [2.24, 2.45) is 0 Å². The number of nitrogens with zero attached hydrogens (tertiary/aromatic N) is 1. The Hall–Kier alpha value is -0.570. The highest BCUT2D eigenvalue weighted by molar-refractivity contribution is 7.71. The molecule has 0 aliphatic heterocycles. The van der Waals surface area contributed by atoms with E-state index < -0.39 is 0 Å². The van der Waals surface area contributed by atoms with Gasteiger partial charge in [-0.05, 0) is 32.0 Å². The summed E-state index contributed by atoms with van der Waals surface area (Å²) in [6, 6.07) is 0.591. The van der Waals surface area contributed by atoms with Crippen molar-refractivity contribution in [3.8, 4) is 0 Å². The Kier molecular flexibility index (Phi) is 5.09. The zero-order chi connectivity index (χ0) is 11.3. The Morgan fingerprint density at radius 1 is 1.33 bits per heavy atom. The van der Waals surface area contributed by atoms with Gasteiger partial charge >= 0.3 is 0 Å². The number of hydrogen-bond donors (Lipinski definition) is 1. The van der Waals surface area contributed by atoms with Crippen LogP contribution in [-0.4, -0.2) is 9.55 Å². The van der Waals surface area contributed by atoms with Gasteiger partial charge in [0, 0.05) is 17.9 Å². The molecule has 0 fully saturated rings. The van der Waals surface area contributed by atoms with Gasteiger partial charge in [0.1, 0.15) is 0 Å². The van der Waals surface area contributed by atoms with Crippen LogP contribution in [0.15, 0.2) is 6.20 Å². The SMILES string of the molecule is CCCCC(CCC)n1c(C)c[nH]c1=S. The largest absolute Gasteiger partial charge is 0.337 e. The van der Waals surface area contributed by atoms with Crippen LogP contribution in [-0.2, 0) is 0 Å². The molecule has 2 nitrogen and oxygen atoms in total. The van der Waals surface area contributed by atoms with Gasteiger partial charge in [-0.15, -0.1) is 0 Å². The summed E-state index contributed by atoms with van der Waals surface area (Å²) in [6.45, 7) is 6.61. The van der Waals surface area contributed by atoms with Crippen molar-refractivity contribution < 1.29 is 0 Å². The second-order valence-electron chi connectivity index (χ2n) is 4.19. The number of unbranched alkanes of at least 4 members (excludes halogenated alkanes) is 1. The Morgan fingerprint density at radius 2 is 2.07 bits per heavy atom. The Bertz CT molecular complexity index is 338. The predicted octanol–water partition coefficient (Wildman–Crippen LogP) is 4.39. The minimum absolute atomic E-state index is 0.591. The highest BCUT2D eigenvalue weighted by atomic mass is 32.1. The number of H-pyrrole nitrogens is 1. The van der Waals surface area contributed by atoms with E-state index in [4.69, 9.17) is 12.2 Å². The second kappa shape index (κ2) is 6.11. The second-order valence-corrected chi connectivity index (χ2v) is 4.58. The number of aromatic nitrogens is 2. The van der Waals surface area contributed by atoms with Crippen molar-refractivity contribution in [2.75, 3.05) is 0 Å². The van der Waals surface area contributed by atoms with Gasteiger partial charge in [0.15, 0.2) is 4.77 Å². The van der Waals surface area contributed by atoms with Gasteiger partial charge < -0.3 is 9.55 Å². The fourth-order valence-electron chi connectivity index (χ4n) is 2.09. The molecule has 1 rings (SSSR count). The van der Waals surface area contributed by atoms with E-state index in [-0.39, 0.29) is 0 Å². The summed E-state index contributed by atoms with van der Waals surface area (Å²) < 4.78 is 3.16. The molecule has 0 radical (unpaired) electrons. The third-order valence-electron chi connectivity index (χ3n) is 2.88. The lowest BCUT2D eigenvalue weighted by molar-refractivity contribution is 0.407. The van der Waals surface area contributed by atoms with Crippen molar-refractivity contribution in [1.82, 2.24) is 9.55 Å². The maximum Gasteiger partial charge on any atom is 0.177 e. The molecule has 0 aromatic carbocycles. The smallest absolute Gasteiger partial charge is 0.177 e. The molecule has 0 amide bonds. The molecule has 86 valence electrons. The van der Waals surface area contributed by atoms with E-state index in [9.17, 15) is 0 Å². The van der Waals surface area contributed by atoms with Gasteiger partial charge in [0.25, 0.3) is 0 Å². The first kappa shape index (κ1) is 12.5. The van der Waals surface area contributed by atoms with E-state index in [1.807, 2.05) is 6.20 Å². The molecule has 1 heterocycles. The normalized spacial score (nSPS) is 13.0. The summed E-state index contributed by atoms with van der Waals surface area (Å²) in [5.41, 5.74) is 1.26. The van der Waals surface area contributed by atoms with Gasteiger partial charge in [0.2, 0.25) is 0 Å². The number of hydrogen-bond acceptors (Lipinski definition) is 1. The molecule has 0 spiro atoms. The number of aromatic amines is 1. The molecular formula is C12H22N2S. The van der Waals surface area contributed by atoms with Crippen LogP contribution in [0.4, 0.5) is 0 Å². The first-order valence-electron chi connectivity index (χ1n) is 5.97.